The van der Waals surface area contributed by atoms with Gasteiger partial charge in [-0.1, -0.05) is 0 Å². The Morgan fingerprint density at radius 1 is 1.22 bits per heavy atom. The van der Waals surface area contributed by atoms with Gasteiger partial charge in [0.2, 0.25) is 0 Å². The number of hydrogen-bond donors (Lipinski definition) is 2. The summed E-state index contributed by atoms with van der Waals surface area (Å²) >= 11 is 0.426. The van der Waals surface area contributed by atoms with Crippen LogP contribution in [0.1, 0.15) is 0 Å². The van der Waals surface area contributed by atoms with Gasteiger partial charge >= 0.3 is 60.8 Å². The molecule has 1 rings (SSSR count). The van der Waals surface area contributed by atoms with Gasteiger partial charge in [-0.05, 0) is 0 Å². The van der Waals surface area contributed by atoms with Gasteiger partial charge in [-0.15, -0.1) is 0 Å². The SMILES string of the molecule is Oc1ccc(O)[c]([GeH3])c1. The van der Waals surface area contributed by atoms with Crippen molar-refractivity contribution in [3.8, 4) is 11.5 Å². The average Bonchev–Trinajstić information content (AvgIpc) is 1.80. The van der Waals surface area contributed by atoms with E-state index in [9.17, 15) is 0 Å². The van der Waals surface area contributed by atoms with E-state index in [0.717, 1.165) is 4.40 Å². The van der Waals surface area contributed by atoms with Crippen molar-refractivity contribution in [1.82, 2.24) is 0 Å². The molecule has 0 amide bonds. The topological polar surface area (TPSA) is 40.5 Å². The first-order chi connectivity index (χ1) is 4.20. The van der Waals surface area contributed by atoms with Gasteiger partial charge in [-0.2, -0.15) is 0 Å². The summed E-state index contributed by atoms with van der Waals surface area (Å²) in [5.74, 6) is 0.531. The molecule has 1 aromatic carbocycles. The fraction of sp³-hybridized carbons (Fsp3) is 0. The van der Waals surface area contributed by atoms with Crippen molar-refractivity contribution < 1.29 is 10.2 Å². The minimum atomic E-state index is 0.232. The quantitative estimate of drug-likeness (QED) is 0.405. The molecule has 0 aliphatic carbocycles. The van der Waals surface area contributed by atoms with Gasteiger partial charge < -0.3 is 0 Å². The molecule has 0 aliphatic heterocycles. The van der Waals surface area contributed by atoms with E-state index >= 15 is 0 Å². The molecule has 0 atom stereocenters. The van der Waals surface area contributed by atoms with Crippen LogP contribution < -0.4 is 4.40 Å². The van der Waals surface area contributed by atoms with Crippen LogP contribution in [0.5, 0.6) is 11.5 Å². The maximum absolute atomic E-state index is 8.98. The molecule has 48 valence electrons. The van der Waals surface area contributed by atoms with Crippen LogP contribution >= 0.6 is 0 Å². The summed E-state index contributed by atoms with van der Waals surface area (Å²) in [5.41, 5.74) is 0. The molecule has 0 saturated heterocycles. The van der Waals surface area contributed by atoms with Gasteiger partial charge in [-0.25, -0.2) is 0 Å². The molecule has 0 radical (unpaired) electrons. The van der Waals surface area contributed by atoms with E-state index in [2.05, 4.69) is 0 Å². The standard InChI is InChI=1S/C6H8GeO2/c7-5-3-4(8)1-2-6(5)9/h1-3,8-9H,7H3. The molecule has 0 bridgehead atoms. The van der Waals surface area contributed by atoms with Gasteiger partial charge in [0.1, 0.15) is 0 Å². The maximum atomic E-state index is 8.98. The molecule has 2 N–H and O–H groups in total. The third kappa shape index (κ3) is 1.39. The van der Waals surface area contributed by atoms with E-state index in [1.807, 2.05) is 0 Å². The van der Waals surface area contributed by atoms with E-state index < -0.39 is 0 Å². The zero-order valence-corrected chi connectivity index (χ0v) is 9.32. The fourth-order valence-electron chi connectivity index (χ4n) is 0.640. The molecule has 1 aromatic rings. The second kappa shape index (κ2) is 2.31. The Hall–Kier alpha value is -0.637. The number of phenolic OH excluding ortho intramolecular Hbond substituents is 2. The molecule has 9 heavy (non-hydrogen) atoms. The summed E-state index contributed by atoms with van der Waals surface area (Å²) in [6, 6.07) is 4.58. The summed E-state index contributed by atoms with van der Waals surface area (Å²) in [5, 5.41) is 17.8. The Morgan fingerprint density at radius 2 is 1.89 bits per heavy atom. The van der Waals surface area contributed by atoms with E-state index in [-0.39, 0.29) is 5.75 Å². The van der Waals surface area contributed by atoms with Crippen LogP contribution in [0.3, 0.4) is 0 Å². The fourth-order valence-corrected chi connectivity index (χ4v) is 1.61. The first-order valence-electron chi connectivity index (χ1n) is 2.69. The number of benzene rings is 1. The van der Waals surface area contributed by atoms with Crippen molar-refractivity contribution in [3.05, 3.63) is 18.2 Å². The van der Waals surface area contributed by atoms with Crippen LogP contribution in [0, 0.1) is 0 Å². The zero-order chi connectivity index (χ0) is 6.85. The van der Waals surface area contributed by atoms with Crippen molar-refractivity contribution in [2.75, 3.05) is 0 Å². The number of hydrogen-bond acceptors (Lipinski definition) is 2. The Bertz CT molecular complexity index is 222. The van der Waals surface area contributed by atoms with E-state index in [1.165, 1.54) is 12.1 Å². The van der Waals surface area contributed by atoms with Crippen molar-refractivity contribution in [2.45, 2.75) is 0 Å². The van der Waals surface area contributed by atoms with Crippen LogP contribution in [0.4, 0.5) is 0 Å². The molecule has 2 nitrogen and oxygen atoms in total. The molecule has 3 heteroatoms. The number of aromatic hydroxyl groups is 2. The first kappa shape index (κ1) is 6.48. The average molecular weight is 185 g/mol. The molecular formula is C6H8GeO2. The minimum absolute atomic E-state index is 0.232. The third-order valence-corrected chi connectivity index (χ3v) is 2.86. The molecule has 0 aromatic heterocycles. The number of rotatable bonds is 0. The summed E-state index contributed by atoms with van der Waals surface area (Å²) in [6.07, 6.45) is 0. The van der Waals surface area contributed by atoms with Crippen molar-refractivity contribution in [2.24, 2.45) is 0 Å². The second-order valence-electron chi connectivity index (χ2n) is 1.97. The summed E-state index contributed by atoms with van der Waals surface area (Å²) in [6.45, 7) is 0. The predicted molar refractivity (Wildman–Crippen MR) is 39.3 cm³/mol. The predicted octanol–water partition coefficient (Wildman–Crippen LogP) is -0.911. The second-order valence-corrected chi connectivity index (χ2v) is 4.23. The van der Waals surface area contributed by atoms with Gasteiger partial charge in [0, 0.05) is 0 Å². The zero-order valence-electron chi connectivity index (χ0n) is 5.13. The van der Waals surface area contributed by atoms with Crippen LogP contribution in [0.2, 0.25) is 0 Å². The molecule has 0 fully saturated rings. The Balaban J connectivity index is 3.17. The van der Waals surface area contributed by atoms with Gasteiger partial charge in [-0.3, -0.25) is 0 Å². The molecule has 0 saturated carbocycles. The van der Waals surface area contributed by atoms with Crippen LogP contribution in [-0.2, 0) is 0 Å². The van der Waals surface area contributed by atoms with Crippen molar-refractivity contribution >= 4 is 20.9 Å². The summed E-state index contributed by atoms with van der Waals surface area (Å²) in [7, 11) is 0. The van der Waals surface area contributed by atoms with E-state index in [1.54, 1.807) is 6.07 Å². The van der Waals surface area contributed by atoms with Crippen molar-refractivity contribution in [3.63, 3.8) is 0 Å². The molecule has 0 heterocycles. The van der Waals surface area contributed by atoms with Crippen LogP contribution in [0.25, 0.3) is 0 Å². The monoisotopic (exact) mass is 186 g/mol. The summed E-state index contributed by atoms with van der Waals surface area (Å²) < 4.78 is 0.877. The molecule has 0 unspecified atom stereocenters. The Kier molecular flexibility index (Phi) is 1.66. The van der Waals surface area contributed by atoms with Gasteiger partial charge in [0.05, 0.1) is 0 Å². The Morgan fingerprint density at radius 3 is 2.33 bits per heavy atom. The first-order valence-corrected chi connectivity index (χ1v) is 4.78. The van der Waals surface area contributed by atoms with Crippen LogP contribution in [0.15, 0.2) is 18.2 Å². The normalized spacial score (nSPS) is 9.78. The van der Waals surface area contributed by atoms with Crippen LogP contribution in [-0.4, -0.2) is 26.7 Å². The molecule has 0 aliphatic rings. The van der Waals surface area contributed by atoms with Gasteiger partial charge in [0.15, 0.2) is 0 Å². The van der Waals surface area contributed by atoms with Gasteiger partial charge in [0.25, 0.3) is 0 Å². The Labute approximate surface area is 61.4 Å². The van der Waals surface area contributed by atoms with Crippen molar-refractivity contribution in [1.29, 1.82) is 0 Å². The third-order valence-electron chi connectivity index (χ3n) is 1.18. The molecule has 0 spiro atoms. The summed E-state index contributed by atoms with van der Waals surface area (Å²) in [4.78, 5) is 0. The molecular weight excluding hydrogens is 177 g/mol. The number of phenols is 2. The van der Waals surface area contributed by atoms with E-state index in [0.29, 0.717) is 22.3 Å². The van der Waals surface area contributed by atoms with E-state index in [4.69, 9.17) is 10.2 Å².